The zero-order valence-corrected chi connectivity index (χ0v) is 18.6. The van der Waals surface area contributed by atoms with Gasteiger partial charge < -0.3 is 24.6 Å². The molecule has 32 heavy (non-hydrogen) atoms. The third kappa shape index (κ3) is 4.90. The van der Waals surface area contributed by atoms with Gasteiger partial charge in [-0.25, -0.2) is 0 Å². The van der Waals surface area contributed by atoms with Crippen molar-refractivity contribution in [3.8, 4) is 11.5 Å². The molecule has 0 unspecified atom stereocenters. The molecule has 1 aliphatic heterocycles. The normalized spacial score (nSPS) is 26.6. The lowest BCUT2D eigenvalue weighted by molar-refractivity contribution is -0.0228. The molecule has 4 rings (SSSR count). The number of methoxy groups -OCH3 is 2. The highest BCUT2D eigenvalue weighted by atomic mass is 16.5. The largest absolute Gasteiger partial charge is 0.496 e. The second kappa shape index (κ2) is 10.3. The van der Waals surface area contributed by atoms with Crippen molar-refractivity contribution < 1.29 is 24.1 Å². The maximum atomic E-state index is 13.1. The molecule has 1 saturated heterocycles. The van der Waals surface area contributed by atoms with E-state index in [2.05, 4.69) is 10.2 Å². The molecule has 0 spiro atoms. The number of carbonyl (C=O) groups is 1. The summed E-state index contributed by atoms with van der Waals surface area (Å²) < 4.78 is 17.0. The van der Waals surface area contributed by atoms with Gasteiger partial charge in [-0.1, -0.05) is 30.3 Å². The topological polar surface area (TPSA) is 80.3 Å². The zero-order chi connectivity index (χ0) is 22.5. The van der Waals surface area contributed by atoms with Crippen LogP contribution in [0.3, 0.4) is 0 Å². The molecule has 1 heterocycles. The molecule has 0 aromatic heterocycles. The molecule has 7 heteroatoms. The van der Waals surface area contributed by atoms with Crippen LogP contribution in [0.1, 0.15) is 29.6 Å². The minimum Gasteiger partial charge on any atom is -0.496 e. The van der Waals surface area contributed by atoms with Gasteiger partial charge in [-0.2, -0.15) is 0 Å². The average molecular weight is 441 g/mol. The maximum Gasteiger partial charge on any atom is 0.255 e. The lowest BCUT2D eigenvalue weighted by Crippen LogP contribution is -2.56. The minimum absolute atomic E-state index is 0.211. The van der Waals surface area contributed by atoms with Crippen LogP contribution in [0, 0.1) is 0 Å². The molecular weight excluding hydrogens is 408 g/mol. The number of aliphatic hydroxyl groups is 1. The first-order valence-corrected chi connectivity index (χ1v) is 11.2. The number of carbonyl (C=O) groups excluding carboxylic acids is 1. The van der Waals surface area contributed by atoms with E-state index in [1.165, 1.54) is 0 Å². The standard InChI is InChI=1S/C25H32N2O5/c1-30-17-12-14-27(15-13-17)23-20(26-25(29)19-10-6-7-11-21(19)31-2)16-22(24(23)28)32-18-8-4-3-5-9-18/h3-11,17,20,22-24,28H,12-16H2,1-2H3,(H,26,29)/t20-,22-,23+,24+/m1/s1. The summed E-state index contributed by atoms with van der Waals surface area (Å²) in [5.41, 5.74) is 0.480. The lowest BCUT2D eigenvalue weighted by atomic mass is 10.0. The Balaban J connectivity index is 1.53. The number of nitrogens with zero attached hydrogens (tertiary/aromatic N) is 1. The zero-order valence-electron chi connectivity index (χ0n) is 18.6. The second-order valence-electron chi connectivity index (χ2n) is 8.44. The van der Waals surface area contributed by atoms with E-state index in [0.717, 1.165) is 25.9 Å². The summed E-state index contributed by atoms with van der Waals surface area (Å²) >= 11 is 0. The summed E-state index contributed by atoms with van der Waals surface area (Å²) in [5, 5.41) is 14.4. The Labute approximate surface area is 189 Å². The predicted molar refractivity (Wildman–Crippen MR) is 121 cm³/mol. The molecule has 4 atom stereocenters. The van der Waals surface area contributed by atoms with Gasteiger partial charge in [-0.15, -0.1) is 0 Å². The van der Waals surface area contributed by atoms with Crippen molar-refractivity contribution in [3.05, 3.63) is 60.2 Å². The van der Waals surface area contributed by atoms with E-state index < -0.39 is 12.2 Å². The van der Waals surface area contributed by atoms with Crippen LogP contribution in [0.25, 0.3) is 0 Å². The molecule has 1 saturated carbocycles. The number of nitrogens with one attached hydrogen (secondary N) is 1. The number of benzene rings is 2. The molecule has 1 amide bonds. The number of ether oxygens (including phenoxy) is 3. The minimum atomic E-state index is -0.725. The molecule has 0 bridgehead atoms. The van der Waals surface area contributed by atoms with E-state index in [-0.39, 0.29) is 24.1 Å². The SMILES string of the molecule is COc1ccccc1C(=O)N[C@@H]1C[C@@H](Oc2ccccc2)[C@H](O)[C@H]1N1CCC(OC)CC1. The molecule has 172 valence electrons. The fourth-order valence-electron chi connectivity index (χ4n) is 4.88. The Morgan fingerprint density at radius 2 is 1.72 bits per heavy atom. The van der Waals surface area contributed by atoms with Gasteiger partial charge in [0.2, 0.25) is 0 Å². The quantitative estimate of drug-likeness (QED) is 0.689. The second-order valence-corrected chi connectivity index (χ2v) is 8.44. The highest BCUT2D eigenvalue weighted by Gasteiger charge is 2.48. The number of likely N-dealkylation sites (tertiary alicyclic amines) is 1. The van der Waals surface area contributed by atoms with Gasteiger partial charge in [0.15, 0.2) is 0 Å². The summed E-state index contributed by atoms with van der Waals surface area (Å²) in [6, 6.07) is 16.2. The average Bonchev–Trinajstić information content (AvgIpc) is 3.13. The van der Waals surface area contributed by atoms with Crippen molar-refractivity contribution in [3.63, 3.8) is 0 Å². The number of aliphatic hydroxyl groups excluding tert-OH is 1. The number of piperidine rings is 1. The van der Waals surface area contributed by atoms with E-state index in [4.69, 9.17) is 14.2 Å². The predicted octanol–water partition coefficient (Wildman–Crippen LogP) is 2.49. The summed E-state index contributed by atoms with van der Waals surface area (Å²) in [5.74, 6) is 1.03. The van der Waals surface area contributed by atoms with Crippen LogP contribution >= 0.6 is 0 Å². The van der Waals surface area contributed by atoms with Crippen LogP contribution < -0.4 is 14.8 Å². The fourth-order valence-corrected chi connectivity index (χ4v) is 4.88. The van der Waals surface area contributed by atoms with Crippen LogP contribution in [-0.2, 0) is 4.74 Å². The summed E-state index contributed by atoms with van der Waals surface area (Å²) in [6.07, 6.45) is 1.42. The fraction of sp³-hybridized carbons (Fsp3) is 0.480. The van der Waals surface area contributed by atoms with Gasteiger partial charge in [0, 0.05) is 26.6 Å². The first kappa shape index (κ1) is 22.6. The van der Waals surface area contributed by atoms with E-state index >= 15 is 0 Å². The van der Waals surface area contributed by atoms with Crippen molar-refractivity contribution >= 4 is 5.91 Å². The third-order valence-electron chi connectivity index (χ3n) is 6.56. The van der Waals surface area contributed by atoms with Gasteiger partial charge in [0.1, 0.15) is 23.7 Å². The number of hydrogen-bond donors (Lipinski definition) is 2. The van der Waals surface area contributed by atoms with Crippen LogP contribution in [0.2, 0.25) is 0 Å². The lowest BCUT2D eigenvalue weighted by Gasteiger charge is -2.39. The van der Waals surface area contributed by atoms with Gasteiger partial charge in [-0.05, 0) is 37.1 Å². The highest BCUT2D eigenvalue weighted by Crippen LogP contribution is 2.32. The molecule has 2 fully saturated rings. The Bertz CT molecular complexity index is 885. The number of amides is 1. The highest BCUT2D eigenvalue weighted by molar-refractivity contribution is 5.97. The van der Waals surface area contributed by atoms with E-state index in [0.29, 0.717) is 23.5 Å². The smallest absolute Gasteiger partial charge is 0.255 e. The van der Waals surface area contributed by atoms with Gasteiger partial charge in [0.25, 0.3) is 5.91 Å². The van der Waals surface area contributed by atoms with Crippen LogP contribution in [0.4, 0.5) is 0 Å². The summed E-state index contributed by atoms with van der Waals surface area (Å²) in [4.78, 5) is 15.4. The van der Waals surface area contributed by atoms with E-state index in [9.17, 15) is 9.90 Å². The molecule has 2 aromatic carbocycles. The van der Waals surface area contributed by atoms with Crippen molar-refractivity contribution in [2.75, 3.05) is 27.3 Å². The van der Waals surface area contributed by atoms with Crippen LogP contribution in [0.15, 0.2) is 54.6 Å². The molecule has 2 aromatic rings. The summed E-state index contributed by atoms with van der Waals surface area (Å²) in [7, 11) is 3.29. The van der Waals surface area contributed by atoms with Crippen molar-refractivity contribution in [2.24, 2.45) is 0 Å². The van der Waals surface area contributed by atoms with Crippen molar-refractivity contribution in [2.45, 2.75) is 49.7 Å². The number of hydrogen-bond acceptors (Lipinski definition) is 6. The Hall–Kier alpha value is -2.61. The molecule has 0 radical (unpaired) electrons. The number of para-hydroxylation sites is 2. The molecule has 2 aliphatic rings. The molecule has 2 N–H and O–H groups in total. The monoisotopic (exact) mass is 440 g/mol. The first-order valence-electron chi connectivity index (χ1n) is 11.2. The summed E-state index contributed by atoms with van der Waals surface area (Å²) in [6.45, 7) is 1.61. The van der Waals surface area contributed by atoms with Crippen molar-refractivity contribution in [1.82, 2.24) is 10.2 Å². The van der Waals surface area contributed by atoms with Gasteiger partial charge in [0.05, 0.1) is 30.9 Å². The van der Waals surface area contributed by atoms with Crippen molar-refractivity contribution in [1.29, 1.82) is 0 Å². The Kier molecular flexibility index (Phi) is 7.29. The van der Waals surface area contributed by atoms with E-state index in [1.54, 1.807) is 26.4 Å². The Morgan fingerprint density at radius 3 is 2.41 bits per heavy atom. The van der Waals surface area contributed by atoms with Gasteiger partial charge >= 0.3 is 0 Å². The van der Waals surface area contributed by atoms with Gasteiger partial charge in [-0.3, -0.25) is 9.69 Å². The molecular formula is C25H32N2O5. The maximum absolute atomic E-state index is 13.1. The van der Waals surface area contributed by atoms with Crippen LogP contribution in [0.5, 0.6) is 11.5 Å². The molecule has 7 nitrogen and oxygen atoms in total. The van der Waals surface area contributed by atoms with Crippen LogP contribution in [-0.4, -0.2) is 73.6 Å². The van der Waals surface area contributed by atoms with E-state index in [1.807, 2.05) is 42.5 Å². The first-order chi connectivity index (χ1) is 15.6. The third-order valence-corrected chi connectivity index (χ3v) is 6.56. The Morgan fingerprint density at radius 1 is 1.03 bits per heavy atom. The number of rotatable bonds is 7. The molecule has 1 aliphatic carbocycles.